The fourth-order valence-corrected chi connectivity index (χ4v) is 1.66. The molecule has 1 aliphatic rings. The molecular formula is C12H14O3. The Bertz CT molecular complexity index is 334. The number of esters is 1. The second-order valence-corrected chi connectivity index (χ2v) is 3.76. The summed E-state index contributed by atoms with van der Waals surface area (Å²) in [6, 6.07) is 9.87. The Morgan fingerprint density at radius 3 is 2.73 bits per heavy atom. The second kappa shape index (κ2) is 4.45. The highest BCUT2D eigenvalue weighted by Crippen LogP contribution is 2.16. The van der Waals surface area contributed by atoms with Crippen molar-refractivity contribution in [3.8, 4) is 0 Å². The molecule has 3 heteroatoms. The molecular weight excluding hydrogens is 192 g/mol. The lowest BCUT2D eigenvalue weighted by Crippen LogP contribution is -2.35. The number of benzene rings is 1. The predicted octanol–water partition coefficient (Wildman–Crippen LogP) is 1.91. The molecule has 0 aliphatic carbocycles. The third-order valence-electron chi connectivity index (χ3n) is 2.35. The van der Waals surface area contributed by atoms with Crippen LogP contribution in [0.4, 0.5) is 0 Å². The molecule has 0 spiro atoms. The minimum Gasteiger partial charge on any atom is -0.435 e. The average molecular weight is 206 g/mol. The summed E-state index contributed by atoms with van der Waals surface area (Å²) < 4.78 is 10.6. The summed E-state index contributed by atoms with van der Waals surface area (Å²) in [4.78, 5) is 11.2. The van der Waals surface area contributed by atoms with Gasteiger partial charge in [-0.15, -0.1) is 0 Å². The van der Waals surface area contributed by atoms with E-state index in [2.05, 4.69) is 0 Å². The van der Waals surface area contributed by atoms with Crippen molar-refractivity contribution in [2.75, 3.05) is 0 Å². The van der Waals surface area contributed by atoms with E-state index in [1.54, 1.807) is 0 Å². The van der Waals surface area contributed by atoms with Crippen LogP contribution in [0.25, 0.3) is 0 Å². The smallest absolute Gasteiger partial charge is 0.310 e. The van der Waals surface area contributed by atoms with Crippen molar-refractivity contribution >= 4 is 5.97 Å². The number of hydrogen-bond donors (Lipinski definition) is 0. The van der Waals surface area contributed by atoms with Crippen LogP contribution >= 0.6 is 0 Å². The van der Waals surface area contributed by atoms with Crippen LogP contribution in [0.15, 0.2) is 30.3 Å². The van der Waals surface area contributed by atoms with Crippen molar-refractivity contribution in [2.24, 2.45) is 0 Å². The number of cyclic esters (lactones) is 1. The van der Waals surface area contributed by atoms with E-state index in [9.17, 15) is 4.79 Å². The molecule has 1 heterocycles. The van der Waals surface area contributed by atoms with E-state index < -0.39 is 6.29 Å². The molecule has 1 aromatic carbocycles. The van der Waals surface area contributed by atoms with Crippen molar-refractivity contribution in [1.82, 2.24) is 0 Å². The lowest BCUT2D eigenvalue weighted by molar-refractivity contribution is -0.211. The van der Waals surface area contributed by atoms with E-state index in [-0.39, 0.29) is 12.1 Å². The summed E-state index contributed by atoms with van der Waals surface area (Å²) in [6.07, 6.45) is 0.506. The van der Waals surface area contributed by atoms with E-state index in [1.165, 1.54) is 0 Å². The van der Waals surface area contributed by atoms with Gasteiger partial charge in [0.25, 0.3) is 0 Å². The minimum absolute atomic E-state index is 0.0417. The monoisotopic (exact) mass is 206 g/mol. The molecule has 0 amide bonds. The molecule has 0 N–H and O–H groups in total. The van der Waals surface area contributed by atoms with Gasteiger partial charge in [-0.25, -0.2) is 0 Å². The van der Waals surface area contributed by atoms with Gasteiger partial charge in [0, 0.05) is 6.42 Å². The molecule has 1 aliphatic heterocycles. The Kier molecular flexibility index (Phi) is 3.02. The molecule has 1 fully saturated rings. The van der Waals surface area contributed by atoms with Gasteiger partial charge in [-0.1, -0.05) is 30.3 Å². The fraction of sp³-hybridized carbons (Fsp3) is 0.417. The first-order chi connectivity index (χ1) is 7.24. The molecule has 0 aromatic heterocycles. The van der Waals surface area contributed by atoms with Gasteiger partial charge in [-0.3, -0.25) is 4.79 Å². The largest absolute Gasteiger partial charge is 0.435 e. The zero-order valence-corrected chi connectivity index (χ0v) is 8.68. The van der Waals surface area contributed by atoms with Gasteiger partial charge in [0.05, 0.1) is 12.5 Å². The lowest BCUT2D eigenvalue weighted by Gasteiger charge is -2.27. The molecule has 1 aromatic rings. The Morgan fingerprint density at radius 1 is 1.33 bits per heavy atom. The highest BCUT2D eigenvalue weighted by atomic mass is 16.7. The molecule has 1 saturated heterocycles. The molecule has 3 nitrogen and oxygen atoms in total. The molecule has 0 radical (unpaired) electrons. The van der Waals surface area contributed by atoms with E-state index in [4.69, 9.17) is 9.47 Å². The standard InChI is InChI=1S/C12H14O3/c1-9-7-11(13)15-12(14-9)8-10-5-3-2-4-6-10/h2-6,9,12H,7-8H2,1H3. The van der Waals surface area contributed by atoms with Crippen molar-refractivity contribution < 1.29 is 14.3 Å². The predicted molar refractivity (Wildman–Crippen MR) is 55.2 cm³/mol. The Balaban J connectivity index is 1.97. The molecule has 2 rings (SSSR count). The zero-order valence-electron chi connectivity index (χ0n) is 8.68. The number of carbonyl (C=O) groups excluding carboxylic acids is 1. The van der Waals surface area contributed by atoms with Gasteiger partial charge in [0.2, 0.25) is 6.29 Å². The highest BCUT2D eigenvalue weighted by molar-refractivity contribution is 5.70. The SMILES string of the molecule is CC1CC(=O)OC(Cc2ccccc2)O1. The van der Waals surface area contributed by atoms with Gasteiger partial charge < -0.3 is 9.47 Å². The van der Waals surface area contributed by atoms with Gasteiger partial charge in [-0.2, -0.15) is 0 Å². The van der Waals surface area contributed by atoms with Gasteiger partial charge >= 0.3 is 5.97 Å². The molecule has 80 valence electrons. The maximum absolute atomic E-state index is 11.2. The van der Waals surface area contributed by atoms with E-state index in [0.717, 1.165) is 5.56 Å². The summed E-state index contributed by atoms with van der Waals surface area (Å²) in [5.41, 5.74) is 1.12. The van der Waals surface area contributed by atoms with Crippen molar-refractivity contribution in [2.45, 2.75) is 32.2 Å². The summed E-state index contributed by atoms with van der Waals surface area (Å²) in [5, 5.41) is 0. The van der Waals surface area contributed by atoms with Crippen LogP contribution in [-0.4, -0.2) is 18.4 Å². The third kappa shape index (κ3) is 2.80. The Hall–Kier alpha value is -1.35. The quantitative estimate of drug-likeness (QED) is 0.693. The first kappa shape index (κ1) is 10.2. The molecule has 0 bridgehead atoms. The Morgan fingerprint density at radius 2 is 2.07 bits per heavy atom. The van der Waals surface area contributed by atoms with Crippen molar-refractivity contribution in [3.05, 3.63) is 35.9 Å². The number of ether oxygens (including phenoxy) is 2. The highest BCUT2D eigenvalue weighted by Gasteiger charge is 2.26. The van der Waals surface area contributed by atoms with Crippen LogP contribution in [-0.2, 0) is 20.7 Å². The van der Waals surface area contributed by atoms with E-state index >= 15 is 0 Å². The van der Waals surface area contributed by atoms with Crippen LogP contribution in [0, 0.1) is 0 Å². The normalized spacial score (nSPS) is 26.1. The second-order valence-electron chi connectivity index (χ2n) is 3.76. The molecule has 0 saturated carbocycles. The minimum atomic E-state index is -0.427. The summed E-state index contributed by atoms with van der Waals surface area (Å²) >= 11 is 0. The van der Waals surface area contributed by atoms with Crippen molar-refractivity contribution in [1.29, 1.82) is 0 Å². The Labute approximate surface area is 89.0 Å². The first-order valence-electron chi connectivity index (χ1n) is 5.13. The van der Waals surface area contributed by atoms with E-state index in [1.807, 2.05) is 37.3 Å². The van der Waals surface area contributed by atoms with Gasteiger partial charge in [0.15, 0.2) is 0 Å². The van der Waals surface area contributed by atoms with Crippen molar-refractivity contribution in [3.63, 3.8) is 0 Å². The third-order valence-corrected chi connectivity index (χ3v) is 2.35. The number of carbonyl (C=O) groups is 1. The molecule has 2 atom stereocenters. The summed E-state index contributed by atoms with van der Waals surface area (Å²) in [7, 11) is 0. The van der Waals surface area contributed by atoms with Crippen LogP contribution in [0.5, 0.6) is 0 Å². The van der Waals surface area contributed by atoms with E-state index in [0.29, 0.717) is 12.8 Å². The number of rotatable bonds is 2. The van der Waals surface area contributed by atoms with Crippen LogP contribution in [0.3, 0.4) is 0 Å². The maximum atomic E-state index is 11.2. The molecule has 15 heavy (non-hydrogen) atoms. The topological polar surface area (TPSA) is 35.5 Å². The average Bonchev–Trinajstić information content (AvgIpc) is 2.17. The summed E-state index contributed by atoms with van der Waals surface area (Å²) in [5.74, 6) is -0.172. The van der Waals surface area contributed by atoms with Crippen LogP contribution in [0.1, 0.15) is 18.9 Å². The fourth-order valence-electron chi connectivity index (χ4n) is 1.66. The number of hydrogen-bond acceptors (Lipinski definition) is 3. The molecule has 2 unspecified atom stereocenters. The van der Waals surface area contributed by atoms with Crippen LogP contribution < -0.4 is 0 Å². The lowest BCUT2D eigenvalue weighted by atomic mass is 10.1. The summed E-state index contributed by atoms with van der Waals surface area (Å²) in [6.45, 7) is 1.89. The first-order valence-corrected chi connectivity index (χ1v) is 5.13. The zero-order chi connectivity index (χ0) is 10.7. The van der Waals surface area contributed by atoms with Gasteiger partial charge in [-0.05, 0) is 12.5 Å². The van der Waals surface area contributed by atoms with Crippen LogP contribution in [0.2, 0.25) is 0 Å². The maximum Gasteiger partial charge on any atom is 0.310 e. The van der Waals surface area contributed by atoms with Gasteiger partial charge in [0.1, 0.15) is 0 Å².